The maximum atomic E-state index is 13.2. The first-order valence-electron chi connectivity index (χ1n) is 12.7. The Kier molecular flexibility index (Phi) is 8.81. The summed E-state index contributed by atoms with van der Waals surface area (Å²) in [5.74, 6) is 0.583. The average molecular weight is 530 g/mol. The van der Waals surface area contributed by atoms with Crippen molar-refractivity contribution in [3.63, 3.8) is 0 Å². The Labute approximate surface area is 228 Å². The monoisotopic (exact) mass is 529 g/mol. The Bertz CT molecular complexity index is 1370. The standard InChI is InChI=1S/C30H32ClN5O2/c1-4-18-35(30(38)32-25-14-10-22(11-15-25)21(2)3)20-29(37)33-28-19-27(23-8-6-5-7-9-23)34-36(28)26-16-12-24(31)13-17-26/h5-17,19,21H,4,18,20H2,1-3H3,(H,32,38)(H,33,37). The van der Waals surface area contributed by atoms with Crippen molar-refractivity contribution in [2.45, 2.75) is 33.1 Å². The fourth-order valence-electron chi connectivity index (χ4n) is 4.03. The molecule has 0 fully saturated rings. The van der Waals surface area contributed by atoms with Gasteiger partial charge in [0.25, 0.3) is 0 Å². The molecule has 196 valence electrons. The number of urea groups is 1. The fraction of sp³-hybridized carbons (Fsp3) is 0.233. The quantitative estimate of drug-likeness (QED) is 0.240. The summed E-state index contributed by atoms with van der Waals surface area (Å²) in [6, 6.07) is 26.2. The highest BCUT2D eigenvalue weighted by Crippen LogP contribution is 2.25. The molecule has 0 saturated carbocycles. The summed E-state index contributed by atoms with van der Waals surface area (Å²) >= 11 is 6.08. The van der Waals surface area contributed by atoms with Gasteiger partial charge in [0.05, 0.1) is 11.4 Å². The topological polar surface area (TPSA) is 79.3 Å². The van der Waals surface area contributed by atoms with E-state index in [4.69, 9.17) is 16.7 Å². The summed E-state index contributed by atoms with van der Waals surface area (Å²) in [6.45, 7) is 6.55. The molecule has 0 radical (unpaired) electrons. The highest BCUT2D eigenvalue weighted by atomic mass is 35.5. The summed E-state index contributed by atoms with van der Waals surface area (Å²) in [5.41, 5.74) is 4.27. The normalized spacial score (nSPS) is 10.9. The zero-order valence-corrected chi connectivity index (χ0v) is 22.6. The van der Waals surface area contributed by atoms with Crippen LogP contribution in [0.2, 0.25) is 5.02 Å². The first-order chi connectivity index (χ1) is 18.3. The second-order valence-electron chi connectivity index (χ2n) is 9.35. The molecule has 0 aliphatic rings. The fourth-order valence-corrected chi connectivity index (χ4v) is 4.16. The van der Waals surface area contributed by atoms with Crippen LogP contribution in [0.4, 0.5) is 16.3 Å². The van der Waals surface area contributed by atoms with Crippen LogP contribution in [0.3, 0.4) is 0 Å². The van der Waals surface area contributed by atoms with Crippen molar-refractivity contribution in [3.8, 4) is 16.9 Å². The zero-order valence-electron chi connectivity index (χ0n) is 21.8. The molecule has 1 aromatic heterocycles. The van der Waals surface area contributed by atoms with E-state index in [-0.39, 0.29) is 18.5 Å². The van der Waals surface area contributed by atoms with Crippen molar-refractivity contribution in [1.82, 2.24) is 14.7 Å². The van der Waals surface area contributed by atoms with E-state index in [0.29, 0.717) is 41.1 Å². The molecule has 0 atom stereocenters. The van der Waals surface area contributed by atoms with E-state index in [0.717, 1.165) is 11.3 Å². The molecule has 0 aliphatic heterocycles. The van der Waals surface area contributed by atoms with Gasteiger partial charge in [0.1, 0.15) is 12.4 Å². The largest absolute Gasteiger partial charge is 0.322 e. The van der Waals surface area contributed by atoms with Crippen LogP contribution in [0.25, 0.3) is 16.9 Å². The van der Waals surface area contributed by atoms with Crippen molar-refractivity contribution in [1.29, 1.82) is 0 Å². The van der Waals surface area contributed by atoms with Gasteiger partial charge >= 0.3 is 6.03 Å². The maximum absolute atomic E-state index is 13.2. The molecular weight excluding hydrogens is 498 g/mol. The molecule has 8 heteroatoms. The highest BCUT2D eigenvalue weighted by Gasteiger charge is 2.19. The molecule has 0 spiro atoms. The van der Waals surface area contributed by atoms with E-state index < -0.39 is 0 Å². The number of carbonyl (C=O) groups is 2. The summed E-state index contributed by atoms with van der Waals surface area (Å²) in [5, 5.41) is 11.2. The van der Waals surface area contributed by atoms with Crippen molar-refractivity contribution in [2.24, 2.45) is 0 Å². The molecule has 0 unspecified atom stereocenters. The molecule has 2 N–H and O–H groups in total. The van der Waals surface area contributed by atoms with Crippen molar-refractivity contribution < 1.29 is 9.59 Å². The second-order valence-corrected chi connectivity index (χ2v) is 9.78. The van der Waals surface area contributed by atoms with Crippen LogP contribution >= 0.6 is 11.6 Å². The molecule has 4 rings (SSSR count). The number of hydrogen-bond acceptors (Lipinski definition) is 3. The van der Waals surface area contributed by atoms with E-state index in [1.165, 1.54) is 10.5 Å². The number of halogens is 1. The lowest BCUT2D eigenvalue weighted by atomic mass is 10.0. The Hall–Kier alpha value is -4.10. The van der Waals surface area contributed by atoms with Crippen LogP contribution < -0.4 is 10.6 Å². The number of aromatic nitrogens is 2. The van der Waals surface area contributed by atoms with E-state index in [9.17, 15) is 9.59 Å². The summed E-state index contributed by atoms with van der Waals surface area (Å²) < 4.78 is 1.66. The second kappa shape index (κ2) is 12.4. The minimum atomic E-state index is -0.324. The average Bonchev–Trinajstić information content (AvgIpc) is 3.33. The van der Waals surface area contributed by atoms with Crippen LogP contribution in [0.5, 0.6) is 0 Å². The number of nitrogens with one attached hydrogen (secondary N) is 2. The molecule has 0 bridgehead atoms. The molecule has 3 amide bonds. The number of carbonyl (C=O) groups excluding carboxylic acids is 2. The zero-order chi connectivity index (χ0) is 27.1. The van der Waals surface area contributed by atoms with E-state index in [1.807, 2.05) is 79.7 Å². The van der Waals surface area contributed by atoms with Gasteiger partial charge in [0.15, 0.2) is 0 Å². The smallest absolute Gasteiger partial charge is 0.315 e. The molecule has 3 aromatic carbocycles. The van der Waals surface area contributed by atoms with Gasteiger partial charge in [-0.05, 0) is 54.3 Å². The lowest BCUT2D eigenvalue weighted by Gasteiger charge is -2.22. The van der Waals surface area contributed by atoms with Crippen LogP contribution in [-0.2, 0) is 4.79 Å². The third kappa shape index (κ3) is 6.81. The summed E-state index contributed by atoms with van der Waals surface area (Å²) in [6.07, 6.45) is 0.716. The third-order valence-electron chi connectivity index (χ3n) is 6.06. The number of hydrogen-bond donors (Lipinski definition) is 2. The Morgan fingerprint density at radius 2 is 1.63 bits per heavy atom. The Balaban J connectivity index is 1.52. The van der Waals surface area contributed by atoms with Gasteiger partial charge in [-0.3, -0.25) is 4.79 Å². The van der Waals surface area contributed by atoms with Gasteiger partial charge in [-0.25, -0.2) is 9.48 Å². The molecule has 0 saturated heterocycles. The van der Waals surface area contributed by atoms with Gasteiger partial charge < -0.3 is 15.5 Å². The SMILES string of the molecule is CCCN(CC(=O)Nc1cc(-c2ccccc2)nn1-c1ccc(Cl)cc1)C(=O)Nc1ccc(C(C)C)cc1. The minimum absolute atomic E-state index is 0.101. The summed E-state index contributed by atoms with van der Waals surface area (Å²) in [7, 11) is 0. The van der Waals surface area contributed by atoms with E-state index in [1.54, 1.807) is 16.8 Å². The number of anilines is 2. The van der Waals surface area contributed by atoms with E-state index in [2.05, 4.69) is 24.5 Å². The number of amides is 3. The molecule has 0 aliphatic carbocycles. The summed E-state index contributed by atoms with van der Waals surface area (Å²) in [4.78, 5) is 27.7. The first-order valence-corrected chi connectivity index (χ1v) is 13.1. The van der Waals surface area contributed by atoms with Gasteiger partial charge in [0.2, 0.25) is 5.91 Å². The van der Waals surface area contributed by atoms with Gasteiger partial charge in [-0.15, -0.1) is 0 Å². The number of nitrogens with zero attached hydrogens (tertiary/aromatic N) is 3. The molecule has 38 heavy (non-hydrogen) atoms. The molecule has 1 heterocycles. The Morgan fingerprint density at radius 1 is 0.947 bits per heavy atom. The Morgan fingerprint density at radius 3 is 2.26 bits per heavy atom. The minimum Gasteiger partial charge on any atom is -0.315 e. The molecular formula is C30H32ClN5O2. The van der Waals surface area contributed by atoms with Crippen molar-refractivity contribution >= 4 is 35.0 Å². The van der Waals surface area contributed by atoms with Gasteiger partial charge in [-0.2, -0.15) is 5.10 Å². The first kappa shape index (κ1) is 26.9. The predicted molar refractivity (Wildman–Crippen MR) is 154 cm³/mol. The number of rotatable bonds is 9. The van der Waals surface area contributed by atoms with Crippen molar-refractivity contribution in [2.75, 3.05) is 23.7 Å². The van der Waals surface area contributed by atoms with Gasteiger partial charge in [-0.1, -0.05) is 74.8 Å². The van der Waals surface area contributed by atoms with Crippen LogP contribution in [0.15, 0.2) is 84.9 Å². The maximum Gasteiger partial charge on any atom is 0.322 e. The highest BCUT2D eigenvalue weighted by molar-refractivity contribution is 6.30. The molecule has 4 aromatic rings. The lowest BCUT2D eigenvalue weighted by molar-refractivity contribution is -0.116. The van der Waals surface area contributed by atoms with Crippen LogP contribution in [0.1, 0.15) is 38.7 Å². The predicted octanol–water partition coefficient (Wildman–Crippen LogP) is 7.20. The lowest BCUT2D eigenvalue weighted by Crippen LogP contribution is -2.41. The number of benzene rings is 3. The van der Waals surface area contributed by atoms with Crippen LogP contribution in [-0.4, -0.2) is 39.7 Å². The van der Waals surface area contributed by atoms with Crippen molar-refractivity contribution in [3.05, 3.63) is 95.5 Å². The van der Waals surface area contributed by atoms with Gasteiger partial charge in [0, 0.05) is 28.9 Å². The molecule has 7 nitrogen and oxygen atoms in total. The third-order valence-corrected chi connectivity index (χ3v) is 6.31. The van der Waals surface area contributed by atoms with Crippen LogP contribution in [0, 0.1) is 0 Å². The van der Waals surface area contributed by atoms with E-state index >= 15 is 0 Å².